The second kappa shape index (κ2) is 70.8. The Morgan fingerprint density at radius 2 is 0.488 bits per heavy atom. The molecule has 5 heteroatoms. The van der Waals surface area contributed by atoms with Crippen molar-refractivity contribution in [2.45, 2.75) is 302 Å². The summed E-state index contributed by atoms with van der Waals surface area (Å²) in [6.45, 7) is 3.92. The van der Waals surface area contributed by atoms with Crippen molar-refractivity contribution in [3.05, 3.63) is 158 Å². The molecule has 0 spiro atoms. The third-order valence-corrected chi connectivity index (χ3v) is 14.3. The average molecular weight is 1130 g/mol. The largest absolute Gasteiger partial charge is 0.462 e. The molecule has 0 aromatic heterocycles. The number of esters is 2. The zero-order valence-electron chi connectivity index (χ0n) is 53.2. The molecule has 0 aromatic carbocycles. The van der Waals surface area contributed by atoms with E-state index in [2.05, 4.69) is 172 Å². The van der Waals surface area contributed by atoms with Crippen LogP contribution in [0, 0.1) is 0 Å². The van der Waals surface area contributed by atoms with E-state index in [-0.39, 0.29) is 25.2 Å². The van der Waals surface area contributed by atoms with Crippen molar-refractivity contribution in [1.82, 2.24) is 0 Å². The van der Waals surface area contributed by atoms with Gasteiger partial charge in [-0.3, -0.25) is 9.59 Å². The van der Waals surface area contributed by atoms with E-state index in [9.17, 15) is 14.7 Å². The summed E-state index contributed by atoms with van der Waals surface area (Å²) in [6, 6.07) is 0. The normalized spacial score (nSPS) is 13.3. The van der Waals surface area contributed by atoms with Crippen molar-refractivity contribution >= 4 is 11.9 Å². The van der Waals surface area contributed by atoms with Gasteiger partial charge in [0.25, 0.3) is 0 Å². The number of aliphatic hydroxyl groups is 1. The van der Waals surface area contributed by atoms with Gasteiger partial charge in [-0.2, -0.15) is 0 Å². The summed E-state index contributed by atoms with van der Waals surface area (Å²) in [6.07, 6.45) is 108. The maximum absolute atomic E-state index is 12.4. The van der Waals surface area contributed by atoms with Crippen LogP contribution in [0.5, 0.6) is 0 Å². The first-order chi connectivity index (χ1) is 40.6. The molecule has 82 heavy (non-hydrogen) atoms. The zero-order chi connectivity index (χ0) is 59.1. The van der Waals surface area contributed by atoms with E-state index in [0.29, 0.717) is 12.8 Å². The van der Waals surface area contributed by atoms with Gasteiger partial charge >= 0.3 is 11.9 Å². The van der Waals surface area contributed by atoms with Gasteiger partial charge in [0.2, 0.25) is 0 Å². The lowest BCUT2D eigenvalue weighted by Crippen LogP contribution is -2.28. The topological polar surface area (TPSA) is 72.8 Å². The quantitative estimate of drug-likeness (QED) is 0.0373. The first kappa shape index (κ1) is 77.5. The molecule has 0 aliphatic rings. The molecule has 5 nitrogen and oxygen atoms in total. The van der Waals surface area contributed by atoms with Crippen molar-refractivity contribution in [3.63, 3.8) is 0 Å². The first-order valence-corrected chi connectivity index (χ1v) is 34.0. The second-order valence-corrected chi connectivity index (χ2v) is 22.1. The Hall–Kier alpha value is -4.48. The third-order valence-electron chi connectivity index (χ3n) is 14.3. The number of ether oxygens (including phenoxy) is 2. The fourth-order valence-corrected chi connectivity index (χ4v) is 9.31. The van der Waals surface area contributed by atoms with E-state index in [0.717, 1.165) is 122 Å². The summed E-state index contributed by atoms with van der Waals surface area (Å²) >= 11 is 0. The highest BCUT2D eigenvalue weighted by Crippen LogP contribution is 2.17. The summed E-state index contributed by atoms with van der Waals surface area (Å²) in [5.74, 6) is -0.593. The number of unbranched alkanes of at least 4 members (excludes halogenated alkanes) is 27. The minimum atomic E-state index is -0.784. The van der Waals surface area contributed by atoms with Gasteiger partial charge in [-0.15, -0.1) is 0 Å². The highest BCUT2D eigenvalue weighted by atomic mass is 16.6. The first-order valence-electron chi connectivity index (χ1n) is 34.0. The van der Waals surface area contributed by atoms with Crippen LogP contribution in [0.1, 0.15) is 296 Å². The Morgan fingerprint density at radius 3 is 0.732 bits per heavy atom. The van der Waals surface area contributed by atoms with Gasteiger partial charge in [0.1, 0.15) is 6.61 Å². The van der Waals surface area contributed by atoms with E-state index in [1.807, 2.05) is 0 Å². The molecule has 0 saturated carbocycles. The Kier molecular flexibility index (Phi) is 66.9. The van der Waals surface area contributed by atoms with E-state index in [4.69, 9.17) is 9.47 Å². The molecule has 0 saturated heterocycles. The molecule has 0 bridgehead atoms. The molecule has 0 aliphatic carbocycles. The van der Waals surface area contributed by atoms with E-state index >= 15 is 0 Å². The van der Waals surface area contributed by atoms with Gasteiger partial charge in [0, 0.05) is 12.8 Å². The summed E-state index contributed by atoms with van der Waals surface area (Å²) in [7, 11) is 0. The second-order valence-electron chi connectivity index (χ2n) is 22.1. The Morgan fingerprint density at radius 1 is 0.280 bits per heavy atom. The van der Waals surface area contributed by atoms with Crippen LogP contribution in [0.15, 0.2) is 158 Å². The van der Waals surface area contributed by atoms with E-state index in [1.165, 1.54) is 148 Å². The van der Waals surface area contributed by atoms with Crippen LogP contribution in [0.2, 0.25) is 0 Å². The molecule has 1 unspecified atom stereocenters. The SMILES string of the molecule is CC/C=C\C/C=C\C/C=C\C/C=C\C/C=C\C/C=C\C/C=C\C/C=C\CCCCCCCCCCCCCCCCCCC(=O)OC(CO)COC(=O)CCCCCCCCCCCCC/C=C\C/C=C\C/C=C\C/C=C\C/C=C\CC. The molecule has 1 N–H and O–H groups in total. The fraction of sp³-hybridized carbons (Fsp3) is 0.636. The van der Waals surface area contributed by atoms with Crippen LogP contribution in [-0.2, 0) is 19.1 Å². The van der Waals surface area contributed by atoms with Gasteiger partial charge in [0.05, 0.1) is 6.61 Å². The van der Waals surface area contributed by atoms with Crippen LogP contribution in [-0.4, -0.2) is 36.4 Å². The minimum absolute atomic E-state index is 0.0731. The monoisotopic (exact) mass is 1130 g/mol. The number of allylic oxidation sites excluding steroid dienone is 26. The average Bonchev–Trinajstić information content (AvgIpc) is 3.49. The van der Waals surface area contributed by atoms with Crippen molar-refractivity contribution in [2.24, 2.45) is 0 Å². The number of hydrogen-bond donors (Lipinski definition) is 1. The number of carbonyl (C=O) groups excluding carboxylic acids is 2. The summed E-state index contributed by atoms with van der Waals surface area (Å²) in [5.41, 5.74) is 0. The van der Waals surface area contributed by atoms with E-state index < -0.39 is 6.10 Å². The van der Waals surface area contributed by atoms with Gasteiger partial charge in [-0.25, -0.2) is 0 Å². The zero-order valence-corrected chi connectivity index (χ0v) is 53.2. The third kappa shape index (κ3) is 68.0. The maximum Gasteiger partial charge on any atom is 0.306 e. The number of hydrogen-bond acceptors (Lipinski definition) is 5. The Balaban J connectivity index is 3.51. The summed E-state index contributed by atoms with van der Waals surface area (Å²) in [4.78, 5) is 24.6. The number of aliphatic hydroxyl groups excluding tert-OH is 1. The van der Waals surface area contributed by atoms with Crippen LogP contribution in [0.25, 0.3) is 0 Å². The molecular formula is C77H126O5. The maximum atomic E-state index is 12.4. The molecule has 0 aromatic rings. The number of carbonyl (C=O) groups is 2. The molecular weight excluding hydrogens is 1000 g/mol. The molecule has 1 atom stereocenters. The predicted octanol–water partition coefficient (Wildman–Crippen LogP) is 23.9. The fourth-order valence-electron chi connectivity index (χ4n) is 9.31. The van der Waals surface area contributed by atoms with Crippen LogP contribution in [0.3, 0.4) is 0 Å². The smallest absolute Gasteiger partial charge is 0.306 e. The van der Waals surface area contributed by atoms with Crippen molar-refractivity contribution in [1.29, 1.82) is 0 Å². The predicted molar refractivity (Wildman–Crippen MR) is 361 cm³/mol. The minimum Gasteiger partial charge on any atom is -0.462 e. The van der Waals surface area contributed by atoms with Crippen molar-refractivity contribution < 1.29 is 24.2 Å². The van der Waals surface area contributed by atoms with Crippen LogP contribution >= 0.6 is 0 Å². The number of rotatable bonds is 61. The lowest BCUT2D eigenvalue weighted by molar-refractivity contribution is -0.161. The van der Waals surface area contributed by atoms with Gasteiger partial charge in [0.15, 0.2) is 6.10 Å². The molecule has 0 amide bonds. The van der Waals surface area contributed by atoms with Gasteiger partial charge in [-0.05, 0) is 122 Å². The standard InChI is InChI=1S/C77H126O5/c1-3-5-7-9-11-13-15-17-19-21-23-25-27-29-31-32-33-34-35-36-37-38-39-40-41-42-43-44-46-48-50-52-54-56-58-60-62-64-66-68-70-72-77(80)82-75(73-78)74-81-76(79)71-69-67-65-63-61-59-57-55-53-51-49-47-45-30-28-26-24-22-20-18-16-14-12-10-8-6-4-2/h5-8,11-14,17-20,23-26,29-31,33-34,36-37,39-40,45,75,78H,3-4,9-10,15-16,21-22,27-28,32,35,38,41-44,46-74H2,1-2H3/b7-5-,8-6-,13-11-,14-12-,19-17-,20-18-,25-23-,26-24-,31-29-,34-33-,37-36-,40-39-,45-30-. The van der Waals surface area contributed by atoms with Gasteiger partial charge in [-0.1, -0.05) is 320 Å². The van der Waals surface area contributed by atoms with Crippen LogP contribution < -0.4 is 0 Å². The van der Waals surface area contributed by atoms with Crippen molar-refractivity contribution in [3.8, 4) is 0 Å². The molecule has 464 valence electrons. The highest BCUT2D eigenvalue weighted by molar-refractivity contribution is 5.70. The van der Waals surface area contributed by atoms with Crippen LogP contribution in [0.4, 0.5) is 0 Å². The Bertz CT molecular complexity index is 1760. The molecule has 0 radical (unpaired) electrons. The van der Waals surface area contributed by atoms with Gasteiger partial charge < -0.3 is 14.6 Å². The molecule has 0 fully saturated rings. The highest BCUT2D eigenvalue weighted by Gasteiger charge is 2.16. The summed E-state index contributed by atoms with van der Waals surface area (Å²) in [5, 5.41) is 9.70. The summed E-state index contributed by atoms with van der Waals surface area (Å²) < 4.78 is 10.7. The lowest BCUT2D eigenvalue weighted by Gasteiger charge is -2.15. The Labute approximate surface area is 507 Å². The molecule has 0 aliphatic heterocycles. The molecule has 0 rings (SSSR count). The van der Waals surface area contributed by atoms with Crippen molar-refractivity contribution in [2.75, 3.05) is 13.2 Å². The van der Waals surface area contributed by atoms with E-state index in [1.54, 1.807) is 0 Å². The molecule has 0 heterocycles. The lowest BCUT2D eigenvalue weighted by atomic mass is 10.0.